The van der Waals surface area contributed by atoms with E-state index < -0.39 is 18.0 Å². The Labute approximate surface area is 105 Å². The van der Waals surface area contributed by atoms with Crippen molar-refractivity contribution in [3.8, 4) is 0 Å². The maximum Gasteiger partial charge on any atom is 0.334 e. The fourth-order valence-electron chi connectivity index (χ4n) is 1.42. The highest BCUT2D eigenvalue weighted by Gasteiger charge is 2.18. The van der Waals surface area contributed by atoms with E-state index in [1.165, 1.54) is 7.11 Å². The van der Waals surface area contributed by atoms with E-state index in [1.807, 2.05) is 6.92 Å². The van der Waals surface area contributed by atoms with Crippen molar-refractivity contribution in [3.63, 3.8) is 0 Å². The smallest absolute Gasteiger partial charge is 0.334 e. The lowest BCUT2D eigenvalue weighted by Gasteiger charge is -2.12. The predicted octanol–water partition coefficient (Wildman–Crippen LogP) is 0.407. The molecular weight excluding hydrogens is 236 g/mol. The molecular formula is C12H16N2O4. The van der Waals surface area contributed by atoms with Gasteiger partial charge in [-0.3, -0.25) is 4.79 Å². The molecule has 6 heteroatoms. The third kappa shape index (κ3) is 3.46. The first-order chi connectivity index (χ1) is 8.45. The SMILES string of the molecule is COC(CNC(=O)c1cc(C)ccc1N)C(=O)O. The monoisotopic (exact) mass is 252 g/mol. The van der Waals surface area contributed by atoms with Crippen LogP contribution in [0, 0.1) is 6.92 Å². The molecule has 4 N–H and O–H groups in total. The van der Waals surface area contributed by atoms with Crippen LogP contribution in [0.1, 0.15) is 15.9 Å². The van der Waals surface area contributed by atoms with Gasteiger partial charge in [-0.25, -0.2) is 4.79 Å². The lowest BCUT2D eigenvalue weighted by atomic mass is 10.1. The van der Waals surface area contributed by atoms with Gasteiger partial charge in [-0.15, -0.1) is 0 Å². The van der Waals surface area contributed by atoms with Crippen LogP contribution in [0.3, 0.4) is 0 Å². The molecule has 1 atom stereocenters. The summed E-state index contributed by atoms with van der Waals surface area (Å²) in [6, 6.07) is 5.07. The number of amides is 1. The van der Waals surface area contributed by atoms with Gasteiger partial charge in [0.25, 0.3) is 5.91 Å². The van der Waals surface area contributed by atoms with Crippen molar-refractivity contribution in [1.29, 1.82) is 0 Å². The van der Waals surface area contributed by atoms with Gasteiger partial charge < -0.3 is 20.9 Å². The highest BCUT2D eigenvalue weighted by molar-refractivity contribution is 5.99. The van der Waals surface area contributed by atoms with E-state index >= 15 is 0 Å². The summed E-state index contributed by atoms with van der Waals surface area (Å²) in [6.07, 6.45) is -1.07. The van der Waals surface area contributed by atoms with Crippen molar-refractivity contribution in [3.05, 3.63) is 29.3 Å². The quantitative estimate of drug-likeness (QED) is 0.659. The second-order valence-electron chi connectivity index (χ2n) is 3.86. The van der Waals surface area contributed by atoms with Crippen LogP contribution in [0.5, 0.6) is 0 Å². The average Bonchev–Trinajstić information content (AvgIpc) is 2.32. The molecule has 0 fully saturated rings. The van der Waals surface area contributed by atoms with Gasteiger partial charge in [0.15, 0.2) is 6.10 Å². The molecule has 0 saturated heterocycles. The number of nitrogens with one attached hydrogen (secondary N) is 1. The topological polar surface area (TPSA) is 102 Å². The maximum absolute atomic E-state index is 11.8. The van der Waals surface area contributed by atoms with Crippen LogP contribution in [0.15, 0.2) is 18.2 Å². The molecule has 18 heavy (non-hydrogen) atoms. The Bertz CT molecular complexity index is 459. The van der Waals surface area contributed by atoms with Gasteiger partial charge in [-0.2, -0.15) is 0 Å². The normalized spacial score (nSPS) is 11.9. The maximum atomic E-state index is 11.8. The van der Waals surface area contributed by atoms with Crippen LogP contribution in [0.4, 0.5) is 5.69 Å². The molecule has 0 radical (unpaired) electrons. The molecule has 1 aromatic carbocycles. The third-order valence-corrected chi connectivity index (χ3v) is 2.46. The van der Waals surface area contributed by atoms with E-state index in [2.05, 4.69) is 5.32 Å². The van der Waals surface area contributed by atoms with Crippen molar-refractivity contribution in [2.75, 3.05) is 19.4 Å². The zero-order chi connectivity index (χ0) is 13.7. The van der Waals surface area contributed by atoms with Crippen LogP contribution in [-0.4, -0.2) is 36.7 Å². The molecule has 0 spiro atoms. The van der Waals surface area contributed by atoms with Crippen LogP contribution >= 0.6 is 0 Å². The van der Waals surface area contributed by atoms with Gasteiger partial charge in [0.05, 0.1) is 12.1 Å². The molecule has 1 rings (SSSR count). The lowest BCUT2D eigenvalue weighted by Crippen LogP contribution is -2.38. The molecule has 98 valence electrons. The Morgan fingerprint density at radius 2 is 2.17 bits per heavy atom. The minimum Gasteiger partial charge on any atom is -0.479 e. The van der Waals surface area contributed by atoms with E-state index in [4.69, 9.17) is 15.6 Å². The van der Waals surface area contributed by atoms with Crippen LogP contribution in [0.2, 0.25) is 0 Å². The third-order valence-electron chi connectivity index (χ3n) is 2.46. The van der Waals surface area contributed by atoms with Crippen LogP contribution < -0.4 is 11.1 Å². The van der Waals surface area contributed by atoms with Crippen molar-refractivity contribution >= 4 is 17.6 Å². The summed E-state index contributed by atoms with van der Waals surface area (Å²) in [5, 5.41) is 11.2. The molecule has 6 nitrogen and oxygen atoms in total. The first-order valence-electron chi connectivity index (χ1n) is 5.35. The lowest BCUT2D eigenvalue weighted by molar-refractivity contribution is -0.148. The Kier molecular flexibility index (Phi) is 4.67. The molecule has 0 aliphatic heterocycles. The number of carbonyl (C=O) groups excluding carboxylic acids is 1. The number of aryl methyl sites for hydroxylation is 1. The van der Waals surface area contributed by atoms with Gasteiger partial charge in [0, 0.05) is 12.8 Å². The van der Waals surface area contributed by atoms with Gasteiger partial charge >= 0.3 is 5.97 Å². The fourth-order valence-corrected chi connectivity index (χ4v) is 1.42. The first kappa shape index (κ1) is 14.0. The summed E-state index contributed by atoms with van der Waals surface area (Å²) < 4.78 is 4.71. The number of ether oxygens (including phenoxy) is 1. The van der Waals surface area contributed by atoms with Crippen molar-refractivity contribution < 1.29 is 19.4 Å². The highest BCUT2D eigenvalue weighted by Crippen LogP contribution is 2.13. The number of rotatable bonds is 5. The highest BCUT2D eigenvalue weighted by atomic mass is 16.5. The number of methoxy groups -OCH3 is 1. The van der Waals surface area contributed by atoms with Crippen LogP contribution in [0.25, 0.3) is 0 Å². The number of hydrogen-bond donors (Lipinski definition) is 3. The second kappa shape index (κ2) is 6.02. The Morgan fingerprint density at radius 3 is 2.72 bits per heavy atom. The summed E-state index contributed by atoms with van der Waals surface area (Å²) in [4.78, 5) is 22.5. The van der Waals surface area contributed by atoms with Gasteiger partial charge in [-0.1, -0.05) is 11.6 Å². The van der Waals surface area contributed by atoms with Crippen LogP contribution in [-0.2, 0) is 9.53 Å². The molecule has 0 aromatic heterocycles. The predicted molar refractivity (Wildman–Crippen MR) is 66.4 cm³/mol. The molecule has 1 aromatic rings. The summed E-state index contributed by atoms with van der Waals surface area (Å²) >= 11 is 0. The molecule has 0 bridgehead atoms. The summed E-state index contributed by atoms with van der Waals surface area (Å²) in [5.74, 6) is -1.55. The number of anilines is 1. The van der Waals surface area contributed by atoms with E-state index in [1.54, 1.807) is 18.2 Å². The zero-order valence-corrected chi connectivity index (χ0v) is 10.3. The zero-order valence-electron chi connectivity index (χ0n) is 10.3. The number of carbonyl (C=O) groups is 2. The van der Waals surface area contributed by atoms with Gasteiger partial charge in [0.2, 0.25) is 0 Å². The molecule has 1 unspecified atom stereocenters. The van der Waals surface area contributed by atoms with E-state index in [0.717, 1.165) is 5.56 Å². The number of nitrogens with two attached hydrogens (primary N) is 1. The molecule has 1 amide bonds. The largest absolute Gasteiger partial charge is 0.479 e. The van der Waals surface area contributed by atoms with E-state index in [0.29, 0.717) is 11.3 Å². The number of hydrogen-bond acceptors (Lipinski definition) is 4. The number of carboxylic acid groups (broad SMARTS) is 1. The second-order valence-corrected chi connectivity index (χ2v) is 3.86. The van der Waals surface area contributed by atoms with E-state index in [9.17, 15) is 9.59 Å². The minimum absolute atomic E-state index is 0.113. The van der Waals surface area contributed by atoms with E-state index in [-0.39, 0.29) is 6.54 Å². The Balaban J connectivity index is 2.71. The molecule has 0 saturated carbocycles. The average molecular weight is 252 g/mol. The summed E-state index contributed by atoms with van der Waals surface area (Å²) in [7, 11) is 1.27. The Hall–Kier alpha value is -2.08. The van der Waals surface area contributed by atoms with Gasteiger partial charge in [0.1, 0.15) is 0 Å². The molecule has 0 aliphatic rings. The number of nitrogen functional groups attached to an aromatic ring is 1. The summed E-state index contributed by atoms with van der Waals surface area (Å²) in [5.41, 5.74) is 7.26. The number of aliphatic carboxylic acids is 1. The molecule has 0 heterocycles. The number of benzene rings is 1. The number of carboxylic acids is 1. The minimum atomic E-state index is -1.13. The summed E-state index contributed by atoms with van der Waals surface area (Å²) in [6.45, 7) is 1.73. The Morgan fingerprint density at radius 1 is 1.50 bits per heavy atom. The first-order valence-corrected chi connectivity index (χ1v) is 5.35. The van der Waals surface area contributed by atoms with Crippen molar-refractivity contribution in [2.45, 2.75) is 13.0 Å². The fraction of sp³-hybridized carbons (Fsp3) is 0.333. The van der Waals surface area contributed by atoms with Crippen molar-refractivity contribution in [1.82, 2.24) is 5.32 Å². The van der Waals surface area contributed by atoms with Gasteiger partial charge in [-0.05, 0) is 19.1 Å². The van der Waals surface area contributed by atoms with Crippen molar-refractivity contribution in [2.24, 2.45) is 0 Å². The standard InChI is InChI=1S/C12H16N2O4/c1-7-3-4-9(13)8(5-7)11(15)14-6-10(18-2)12(16)17/h3-5,10H,6,13H2,1-2H3,(H,14,15)(H,16,17). The molecule has 0 aliphatic carbocycles.